The predicted octanol–water partition coefficient (Wildman–Crippen LogP) is 3.00. The molecule has 1 saturated carbocycles. The predicted molar refractivity (Wildman–Crippen MR) is 75.8 cm³/mol. The lowest BCUT2D eigenvalue weighted by Crippen LogP contribution is -2.31. The first-order valence-corrected chi connectivity index (χ1v) is 7.24. The summed E-state index contributed by atoms with van der Waals surface area (Å²) < 4.78 is 5.84. The van der Waals surface area contributed by atoms with Gasteiger partial charge in [-0.3, -0.25) is 0 Å². The molecule has 4 nitrogen and oxygen atoms in total. The fraction of sp³-hybridized carbons (Fsp3) is 0.733. The summed E-state index contributed by atoms with van der Waals surface area (Å²) in [5, 5.41) is 0. The Morgan fingerprint density at radius 3 is 2.37 bits per heavy atom. The van der Waals surface area contributed by atoms with E-state index in [0.29, 0.717) is 0 Å². The second-order valence-corrected chi connectivity index (χ2v) is 5.64. The number of ether oxygens (including phenoxy) is 1. The fourth-order valence-corrected chi connectivity index (χ4v) is 2.96. The molecular formula is C15H25N3O. The van der Waals surface area contributed by atoms with Crippen molar-refractivity contribution in [1.29, 1.82) is 0 Å². The van der Waals surface area contributed by atoms with Crippen LogP contribution in [0.15, 0.2) is 6.20 Å². The summed E-state index contributed by atoms with van der Waals surface area (Å²) in [6, 6.07) is -0.0262. The molecule has 1 fully saturated rings. The molecule has 0 aromatic carbocycles. The zero-order valence-electron chi connectivity index (χ0n) is 12.3. The third-order valence-electron chi connectivity index (χ3n) is 4.22. The quantitative estimate of drug-likeness (QED) is 0.852. The van der Waals surface area contributed by atoms with Gasteiger partial charge in [0.2, 0.25) is 0 Å². The number of rotatable bonds is 3. The van der Waals surface area contributed by atoms with Gasteiger partial charge in [-0.15, -0.1) is 0 Å². The van der Waals surface area contributed by atoms with E-state index in [4.69, 9.17) is 10.5 Å². The van der Waals surface area contributed by atoms with Crippen LogP contribution in [0.5, 0.6) is 0 Å². The fourth-order valence-electron chi connectivity index (χ4n) is 2.96. The van der Waals surface area contributed by atoms with E-state index in [2.05, 4.69) is 9.97 Å². The van der Waals surface area contributed by atoms with Crippen molar-refractivity contribution in [3.63, 3.8) is 0 Å². The van der Waals surface area contributed by atoms with Gasteiger partial charge in [0.15, 0.2) is 5.82 Å². The van der Waals surface area contributed by atoms with Crippen molar-refractivity contribution < 1.29 is 4.74 Å². The lowest BCUT2D eigenvalue weighted by Gasteiger charge is -2.30. The van der Waals surface area contributed by atoms with Crippen molar-refractivity contribution in [1.82, 2.24) is 9.97 Å². The van der Waals surface area contributed by atoms with E-state index in [1.54, 1.807) is 7.11 Å². The average molecular weight is 263 g/mol. The molecule has 1 atom stereocenters. The minimum absolute atomic E-state index is 0.0262. The van der Waals surface area contributed by atoms with Gasteiger partial charge in [-0.2, -0.15) is 0 Å². The van der Waals surface area contributed by atoms with Gasteiger partial charge < -0.3 is 10.5 Å². The smallest absolute Gasteiger partial charge is 0.160 e. The molecule has 4 heteroatoms. The molecule has 0 unspecified atom stereocenters. The van der Waals surface area contributed by atoms with Crippen LogP contribution in [0.4, 0.5) is 0 Å². The largest absolute Gasteiger partial charge is 0.370 e. The highest BCUT2D eigenvalue weighted by Crippen LogP contribution is 2.37. The summed E-state index contributed by atoms with van der Waals surface area (Å²) in [5.41, 5.74) is 7.62. The Kier molecular flexibility index (Phi) is 4.53. The molecule has 106 valence electrons. The van der Waals surface area contributed by atoms with E-state index < -0.39 is 0 Å². The first-order valence-electron chi connectivity index (χ1n) is 7.24. The molecule has 0 bridgehead atoms. The first kappa shape index (κ1) is 14.4. The molecular weight excluding hydrogens is 238 g/mol. The molecule has 0 aliphatic heterocycles. The van der Waals surface area contributed by atoms with Gasteiger partial charge in [-0.05, 0) is 26.7 Å². The Balaban J connectivity index is 2.35. The lowest BCUT2D eigenvalue weighted by molar-refractivity contribution is -0.0353. The molecule has 0 spiro atoms. The number of nitrogens with zero attached hydrogens (tertiary/aromatic N) is 2. The lowest BCUT2D eigenvalue weighted by atomic mass is 9.92. The van der Waals surface area contributed by atoms with E-state index >= 15 is 0 Å². The molecule has 0 saturated heterocycles. The van der Waals surface area contributed by atoms with E-state index in [0.717, 1.165) is 29.9 Å². The van der Waals surface area contributed by atoms with Crippen molar-refractivity contribution in [2.24, 2.45) is 5.73 Å². The maximum absolute atomic E-state index is 5.92. The Bertz CT molecular complexity index is 423. The maximum Gasteiger partial charge on any atom is 0.160 e. The van der Waals surface area contributed by atoms with Gasteiger partial charge in [-0.1, -0.05) is 25.7 Å². The van der Waals surface area contributed by atoms with E-state index in [9.17, 15) is 0 Å². The van der Waals surface area contributed by atoms with Crippen LogP contribution in [-0.4, -0.2) is 17.1 Å². The van der Waals surface area contributed by atoms with Crippen molar-refractivity contribution in [3.8, 4) is 0 Å². The molecule has 2 rings (SSSR count). The van der Waals surface area contributed by atoms with E-state index in [1.807, 2.05) is 20.0 Å². The highest BCUT2D eigenvalue weighted by atomic mass is 16.5. The minimum Gasteiger partial charge on any atom is -0.370 e. The molecule has 1 aromatic heterocycles. The standard InChI is InChI=1S/C15H25N3O/c1-11(16)13-10-17-14(18-12(13)2)15(19-3)8-6-4-5-7-9-15/h10-11H,4-9,16H2,1-3H3/t11-/m0/s1. The van der Waals surface area contributed by atoms with Gasteiger partial charge in [0.05, 0.1) is 0 Å². The van der Waals surface area contributed by atoms with Gasteiger partial charge in [0.1, 0.15) is 5.60 Å². The number of aromatic nitrogens is 2. The molecule has 1 heterocycles. The van der Waals surface area contributed by atoms with Gasteiger partial charge in [0, 0.05) is 30.6 Å². The Morgan fingerprint density at radius 2 is 1.89 bits per heavy atom. The van der Waals surface area contributed by atoms with E-state index in [-0.39, 0.29) is 11.6 Å². The number of methoxy groups -OCH3 is 1. The topological polar surface area (TPSA) is 61.0 Å². The summed E-state index contributed by atoms with van der Waals surface area (Å²) >= 11 is 0. The van der Waals surface area contributed by atoms with Crippen LogP contribution < -0.4 is 5.73 Å². The van der Waals surface area contributed by atoms with Crippen LogP contribution in [0, 0.1) is 6.92 Å². The van der Waals surface area contributed by atoms with Crippen LogP contribution >= 0.6 is 0 Å². The molecule has 0 radical (unpaired) electrons. The molecule has 19 heavy (non-hydrogen) atoms. The molecule has 1 aliphatic carbocycles. The number of aryl methyl sites for hydroxylation is 1. The summed E-state index contributed by atoms with van der Waals surface area (Å²) in [7, 11) is 1.78. The van der Waals surface area contributed by atoms with Crippen molar-refractivity contribution in [2.75, 3.05) is 7.11 Å². The van der Waals surface area contributed by atoms with Crippen molar-refractivity contribution in [3.05, 3.63) is 23.3 Å². The third-order valence-corrected chi connectivity index (χ3v) is 4.22. The Morgan fingerprint density at radius 1 is 1.26 bits per heavy atom. The molecule has 1 aromatic rings. The SMILES string of the molecule is COC1(c2ncc([C@H](C)N)c(C)n2)CCCCCC1. The summed E-state index contributed by atoms with van der Waals surface area (Å²) in [6.45, 7) is 3.97. The molecule has 0 amide bonds. The number of nitrogens with two attached hydrogens (primary N) is 1. The average Bonchev–Trinajstić information content (AvgIpc) is 2.64. The summed E-state index contributed by atoms with van der Waals surface area (Å²) in [6.07, 6.45) is 8.83. The zero-order valence-corrected chi connectivity index (χ0v) is 12.3. The highest BCUT2D eigenvalue weighted by Gasteiger charge is 2.35. The van der Waals surface area contributed by atoms with Gasteiger partial charge in [-0.25, -0.2) is 9.97 Å². The molecule has 2 N–H and O–H groups in total. The monoisotopic (exact) mass is 263 g/mol. The summed E-state index contributed by atoms with van der Waals surface area (Å²) in [4.78, 5) is 9.24. The second-order valence-electron chi connectivity index (χ2n) is 5.64. The first-order chi connectivity index (χ1) is 9.09. The van der Waals surface area contributed by atoms with Gasteiger partial charge in [0.25, 0.3) is 0 Å². The van der Waals surface area contributed by atoms with Crippen molar-refractivity contribution >= 4 is 0 Å². The molecule has 1 aliphatic rings. The summed E-state index contributed by atoms with van der Waals surface area (Å²) in [5.74, 6) is 0.832. The normalized spacial score (nSPS) is 20.8. The van der Waals surface area contributed by atoms with Crippen LogP contribution in [0.1, 0.15) is 68.6 Å². The minimum atomic E-state index is -0.294. The van der Waals surface area contributed by atoms with Crippen LogP contribution in [0.2, 0.25) is 0 Å². The van der Waals surface area contributed by atoms with E-state index in [1.165, 1.54) is 25.7 Å². The Labute approximate surface area is 115 Å². The number of hydrogen-bond donors (Lipinski definition) is 1. The third kappa shape index (κ3) is 2.95. The Hall–Kier alpha value is -1.00. The zero-order chi connectivity index (χ0) is 13.9. The van der Waals surface area contributed by atoms with Crippen LogP contribution in [0.3, 0.4) is 0 Å². The number of hydrogen-bond acceptors (Lipinski definition) is 4. The van der Waals surface area contributed by atoms with Gasteiger partial charge >= 0.3 is 0 Å². The highest BCUT2D eigenvalue weighted by molar-refractivity contribution is 5.21. The maximum atomic E-state index is 5.92. The van der Waals surface area contributed by atoms with Crippen LogP contribution in [0.25, 0.3) is 0 Å². The van der Waals surface area contributed by atoms with Crippen molar-refractivity contribution in [2.45, 2.75) is 64.0 Å². The second kappa shape index (κ2) is 5.97. The van der Waals surface area contributed by atoms with Crippen LogP contribution in [-0.2, 0) is 10.3 Å².